The minimum absolute atomic E-state index is 0.221. The molecule has 0 aliphatic carbocycles. The molecule has 0 bridgehead atoms. The SMILES string of the molecule is CC[C@H](CN1CC[C@@H](CCCc2ccc3c(n2)NCCC3)C1)c1cc(N2CCN(C(=O)OC(C)(C)C)CC2)cc(-n2nc(C)cc2C)c1.COC=O. The molecule has 6 rings (SSSR count). The highest BCUT2D eigenvalue weighted by Gasteiger charge is 2.28. The summed E-state index contributed by atoms with van der Waals surface area (Å²) >= 11 is 0. The lowest BCUT2D eigenvalue weighted by atomic mass is 9.94. The first-order chi connectivity index (χ1) is 25.0. The lowest BCUT2D eigenvalue weighted by Gasteiger charge is -2.37. The van der Waals surface area contributed by atoms with Crippen molar-refractivity contribution in [1.82, 2.24) is 24.6 Å². The van der Waals surface area contributed by atoms with Crippen LogP contribution in [0.2, 0.25) is 0 Å². The molecule has 2 fully saturated rings. The third-order valence-electron chi connectivity index (χ3n) is 10.4. The number of carbonyl (C=O) groups excluding carboxylic acids is 2. The Morgan fingerprint density at radius 2 is 1.81 bits per heavy atom. The zero-order chi connectivity index (χ0) is 37.3. The quantitative estimate of drug-likeness (QED) is 0.212. The Labute approximate surface area is 311 Å². The molecule has 0 spiro atoms. The molecule has 2 atom stereocenters. The van der Waals surface area contributed by atoms with Gasteiger partial charge in [0.25, 0.3) is 6.47 Å². The van der Waals surface area contributed by atoms with E-state index in [-0.39, 0.29) is 6.09 Å². The van der Waals surface area contributed by atoms with E-state index in [1.54, 1.807) is 0 Å². The molecule has 0 saturated carbocycles. The predicted molar refractivity (Wildman–Crippen MR) is 208 cm³/mol. The van der Waals surface area contributed by atoms with Crippen molar-refractivity contribution in [3.05, 3.63) is 64.6 Å². The van der Waals surface area contributed by atoms with E-state index in [2.05, 4.69) is 81.7 Å². The van der Waals surface area contributed by atoms with Crippen molar-refractivity contribution in [2.75, 3.05) is 69.7 Å². The van der Waals surface area contributed by atoms with Crippen LogP contribution >= 0.6 is 0 Å². The first-order valence-corrected chi connectivity index (χ1v) is 19.3. The Bertz CT molecular complexity index is 1630. The Hall–Kier alpha value is -4.12. The van der Waals surface area contributed by atoms with E-state index in [9.17, 15) is 4.79 Å². The summed E-state index contributed by atoms with van der Waals surface area (Å²) in [4.78, 5) is 33.6. The molecule has 1 N–H and O–H groups in total. The Balaban J connectivity index is 0.00000124. The molecule has 11 heteroatoms. The number of piperazine rings is 1. The number of rotatable bonds is 11. The van der Waals surface area contributed by atoms with Gasteiger partial charge in [-0.25, -0.2) is 14.5 Å². The average Bonchev–Trinajstić information content (AvgIpc) is 3.73. The topological polar surface area (TPSA) is 105 Å². The monoisotopic (exact) mass is 715 g/mol. The number of benzene rings is 1. The van der Waals surface area contributed by atoms with Gasteiger partial charge in [-0.15, -0.1) is 0 Å². The van der Waals surface area contributed by atoms with Gasteiger partial charge >= 0.3 is 6.09 Å². The van der Waals surface area contributed by atoms with Crippen LogP contribution in [0.25, 0.3) is 5.69 Å². The van der Waals surface area contributed by atoms with Crippen molar-refractivity contribution in [2.45, 2.75) is 98.0 Å². The van der Waals surface area contributed by atoms with Crippen molar-refractivity contribution >= 4 is 24.1 Å². The number of ether oxygens (including phenoxy) is 2. The Morgan fingerprint density at radius 3 is 2.48 bits per heavy atom. The Kier molecular flexibility index (Phi) is 13.6. The number of likely N-dealkylation sites (tertiary alicyclic amines) is 1. The number of aryl methyl sites for hydroxylation is 4. The van der Waals surface area contributed by atoms with Gasteiger partial charge in [0.15, 0.2) is 0 Å². The highest BCUT2D eigenvalue weighted by Crippen LogP contribution is 2.32. The highest BCUT2D eigenvalue weighted by molar-refractivity contribution is 5.69. The van der Waals surface area contributed by atoms with E-state index in [4.69, 9.17) is 19.6 Å². The van der Waals surface area contributed by atoms with Crippen LogP contribution in [0, 0.1) is 19.8 Å². The fraction of sp³-hybridized carbons (Fsp3) is 0.610. The Morgan fingerprint density at radius 1 is 1.06 bits per heavy atom. The van der Waals surface area contributed by atoms with Gasteiger partial charge in [-0.1, -0.05) is 13.0 Å². The number of anilines is 2. The van der Waals surface area contributed by atoms with Crippen molar-refractivity contribution in [2.24, 2.45) is 5.92 Å². The third-order valence-corrected chi connectivity index (χ3v) is 10.4. The number of pyridine rings is 1. The van der Waals surface area contributed by atoms with Crippen molar-refractivity contribution in [3.8, 4) is 5.69 Å². The second kappa shape index (κ2) is 18.1. The van der Waals surface area contributed by atoms with Gasteiger partial charge in [0.2, 0.25) is 0 Å². The number of aromatic nitrogens is 3. The second-order valence-corrected chi connectivity index (χ2v) is 15.7. The van der Waals surface area contributed by atoms with Crippen LogP contribution in [0.5, 0.6) is 0 Å². The normalized spacial score (nSPS) is 18.2. The zero-order valence-corrected chi connectivity index (χ0v) is 32.6. The zero-order valence-electron chi connectivity index (χ0n) is 32.6. The molecule has 284 valence electrons. The molecule has 52 heavy (non-hydrogen) atoms. The first-order valence-electron chi connectivity index (χ1n) is 19.3. The van der Waals surface area contributed by atoms with Gasteiger partial charge < -0.3 is 29.5 Å². The van der Waals surface area contributed by atoms with Gasteiger partial charge in [0.1, 0.15) is 11.4 Å². The van der Waals surface area contributed by atoms with Crippen LogP contribution in [-0.4, -0.2) is 102 Å². The maximum atomic E-state index is 12.7. The lowest BCUT2D eigenvalue weighted by molar-refractivity contribution is -0.126. The molecule has 3 aliphatic rings. The van der Waals surface area contributed by atoms with Gasteiger partial charge in [-0.3, -0.25) is 4.79 Å². The number of hydrogen-bond acceptors (Lipinski definition) is 9. The molecule has 3 aliphatic heterocycles. The number of nitrogens with one attached hydrogen (secondary N) is 1. The van der Waals surface area contributed by atoms with E-state index in [1.165, 1.54) is 68.4 Å². The van der Waals surface area contributed by atoms with E-state index in [0.717, 1.165) is 74.3 Å². The summed E-state index contributed by atoms with van der Waals surface area (Å²) in [7, 11) is 1.31. The van der Waals surface area contributed by atoms with Gasteiger partial charge in [0.05, 0.1) is 18.5 Å². The first kappa shape index (κ1) is 39.1. The molecular formula is C41H61N7O4. The predicted octanol–water partition coefficient (Wildman–Crippen LogP) is 6.93. The maximum absolute atomic E-state index is 12.7. The summed E-state index contributed by atoms with van der Waals surface area (Å²) in [5, 5.41) is 8.34. The smallest absolute Gasteiger partial charge is 0.410 e. The third kappa shape index (κ3) is 10.7. The van der Waals surface area contributed by atoms with Gasteiger partial charge in [-0.05, 0) is 139 Å². The van der Waals surface area contributed by atoms with E-state index in [0.29, 0.717) is 25.5 Å². The fourth-order valence-corrected chi connectivity index (χ4v) is 7.70. The summed E-state index contributed by atoms with van der Waals surface area (Å²) in [5.74, 6) is 2.32. The van der Waals surface area contributed by atoms with Crippen molar-refractivity contribution < 1.29 is 19.1 Å². The number of nitrogens with zero attached hydrogens (tertiary/aromatic N) is 6. The van der Waals surface area contributed by atoms with Crippen LogP contribution in [0.1, 0.15) is 93.9 Å². The van der Waals surface area contributed by atoms with Crippen molar-refractivity contribution in [3.63, 3.8) is 0 Å². The van der Waals surface area contributed by atoms with Crippen molar-refractivity contribution in [1.29, 1.82) is 0 Å². The summed E-state index contributed by atoms with van der Waals surface area (Å²) in [6, 6.07) is 13.7. The number of carbonyl (C=O) groups is 2. The minimum atomic E-state index is -0.487. The standard InChI is InChI=1S/C39H57N7O2.C2H4O2/c1-7-31(27-43-17-15-30(26-43)10-8-12-34-14-13-32-11-9-16-40-37(32)41-34)33-23-35(25-36(24-33)46-29(3)22-28(2)42-46)44-18-20-45(21-19-44)38(47)48-39(4,5)6;1-4-2-3/h13-14,22-25,30-31H,7-12,15-21,26-27H2,1-6H3,(H,40,41);2H,1H3/t30-,31-;/m1./s1. The summed E-state index contributed by atoms with van der Waals surface area (Å²) in [6.07, 6.45) is 8.05. The number of fused-ring (bicyclic) bond motifs is 1. The fourth-order valence-electron chi connectivity index (χ4n) is 7.70. The summed E-state index contributed by atoms with van der Waals surface area (Å²) in [5.41, 5.74) is 7.99. The lowest BCUT2D eigenvalue weighted by Crippen LogP contribution is -2.50. The van der Waals surface area contributed by atoms with Gasteiger partial charge in [0, 0.05) is 62.9 Å². The van der Waals surface area contributed by atoms with E-state index >= 15 is 0 Å². The molecule has 5 heterocycles. The molecule has 1 aromatic carbocycles. The van der Waals surface area contributed by atoms with Crippen LogP contribution < -0.4 is 10.2 Å². The molecule has 11 nitrogen and oxygen atoms in total. The highest BCUT2D eigenvalue weighted by atomic mass is 16.6. The van der Waals surface area contributed by atoms with Crippen LogP contribution in [-0.2, 0) is 27.1 Å². The second-order valence-electron chi connectivity index (χ2n) is 15.7. The summed E-state index contributed by atoms with van der Waals surface area (Å²) < 4.78 is 11.6. The average molecular weight is 716 g/mol. The van der Waals surface area contributed by atoms with Crippen LogP contribution in [0.15, 0.2) is 36.4 Å². The maximum Gasteiger partial charge on any atom is 0.410 e. The molecule has 1 amide bonds. The number of amides is 1. The largest absolute Gasteiger partial charge is 0.471 e. The molecule has 2 saturated heterocycles. The van der Waals surface area contributed by atoms with Gasteiger partial charge in [-0.2, -0.15) is 5.10 Å². The van der Waals surface area contributed by atoms with E-state index < -0.39 is 5.60 Å². The molecule has 2 aromatic heterocycles. The molecule has 0 radical (unpaired) electrons. The van der Waals surface area contributed by atoms with Crippen LogP contribution in [0.3, 0.4) is 0 Å². The minimum Gasteiger partial charge on any atom is -0.471 e. The summed E-state index contributed by atoms with van der Waals surface area (Å²) in [6.45, 7) is 20.0. The number of hydrogen-bond donors (Lipinski definition) is 1. The molecule has 3 aromatic rings. The van der Waals surface area contributed by atoms with Crippen LogP contribution in [0.4, 0.5) is 16.3 Å². The molecule has 0 unspecified atom stereocenters. The molecular weight excluding hydrogens is 654 g/mol. The number of methoxy groups -OCH3 is 1. The van der Waals surface area contributed by atoms with E-state index in [1.807, 2.05) is 25.7 Å².